The van der Waals surface area contributed by atoms with E-state index >= 15 is 0 Å². The smallest absolute Gasteiger partial charge is 0.192 e. The SMILES string of the molecule is COc1ccccc1N1CCC(NC(=NCc2nnc(C)n2C)NCc2cccs2)C1.I. The number of hydrogen-bond acceptors (Lipinski definition) is 6. The van der Waals surface area contributed by atoms with Gasteiger partial charge < -0.3 is 24.8 Å². The van der Waals surface area contributed by atoms with Crippen LogP contribution >= 0.6 is 35.3 Å². The van der Waals surface area contributed by atoms with E-state index in [2.05, 4.69) is 55.4 Å². The number of nitrogens with one attached hydrogen (secondary N) is 2. The van der Waals surface area contributed by atoms with Crippen molar-refractivity contribution in [2.45, 2.75) is 32.5 Å². The number of methoxy groups -OCH3 is 1. The molecule has 1 atom stereocenters. The van der Waals surface area contributed by atoms with Gasteiger partial charge in [0.15, 0.2) is 11.8 Å². The topological polar surface area (TPSA) is 79.6 Å². The number of aromatic nitrogens is 3. The summed E-state index contributed by atoms with van der Waals surface area (Å²) in [6, 6.07) is 12.7. The van der Waals surface area contributed by atoms with Gasteiger partial charge in [-0.2, -0.15) is 0 Å². The van der Waals surface area contributed by atoms with Gasteiger partial charge in [-0.3, -0.25) is 0 Å². The molecule has 3 aromatic rings. The number of aliphatic imine (C=N–C) groups is 1. The average Bonchev–Trinajstić information content (AvgIpc) is 3.54. The van der Waals surface area contributed by atoms with Gasteiger partial charge >= 0.3 is 0 Å². The zero-order chi connectivity index (χ0) is 21.6. The second-order valence-corrected chi connectivity index (χ2v) is 8.60. The molecule has 2 aromatic heterocycles. The monoisotopic (exact) mass is 567 g/mol. The third-order valence-electron chi connectivity index (χ3n) is 5.53. The Morgan fingerprint density at radius 3 is 2.81 bits per heavy atom. The van der Waals surface area contributed by atoms with Crippen LogP contribution in [-0.4, -0.2) is 47.0 Å². The fourth-order valence-electron chi connectivity index (χ4n) is 3.66. The lowest BCUT2D eigenvalue weighted by molar-refractivity contribution is 0.415. The van der Waals surface area contributed by atoms with Crippen LogP contribution in [-0.2, 0) is 20.1 Å². The number of thiophene rings is 1. The maximum atomic E-state index is 5.54. The van der Waals surface area contributed by atoms with Crippen LogP contribution in [0.15, 0.2) is 46.8 Å². The predicted molar refractivity (Wildman–Crippen MR) is 140 cm³/mol. The van der Waals surface area contributed by atoms with E-state index < -0.39 is 0 Å². The number of benzene rings is 1. The second kappa shape index (κ2) is 11.5. The molecule has 1 aromatic carbocycles. The highest BCUT2D eigenvalue weighted by Crippen LogP contribution is 2.30. The number of nitrogens with zero attached hydrogens (tertiary/aromatic N) is 5. The van der Waals surface area contributed by atoms with Crippen molar-refractivity contribution in [3.05, 3.63) is 58.3 Å². The summed E-state index contributed by atoms with van der Waals surface area (Å²) >= 11 is 1.74. The molecular formula is C22H30IN7OS. The van der Waals surface area contributed by atoms with Gasteiger partial charge in [-0.25, -0.2) is 4.99 Å². The van der Waals surface area contributed by atoms with Crippen molar-refractivity contribution < 1.29 is 4.74 Å². The maximum Gasteiger partial charge on any atom is 0.192 e. The first-order valence-corrected chi connectivity index (χ1v) is 11.3. The summed E-state index contributed by atoms with van der Waals surface area (Å²) in [5.74, 6) is 3.43. The van der Waals surface area contributed by atoms with Gasteiger partial charge in [0.1, 0.15) is 18.1 Å². The minimum absolute atomic E-state index is 0. The number of guanidine groups is 1. The van der Waals surface area contributed by atoms with E-state index in [1.807, 2.05) is 30.7 Å². The molecule has 1 unspecified atom stereocenters. The summed E-state index contributed by atoms with van der Waals surface area (Å²) in [6.07, 6.45) is 1.03. The summed E-state index contributed by atoms with van der Waals surface area (Å²) in [7, 11) is 3.69. The van der Waals surface area contributed by atoms with Crippen molar-refractivity contribution in [1.29, 1.82) is 0 Å². The first-order chi connectivity index (χ1) is 15.1. The van der Waals surface area contributed by atoms with Gasteiger partial charge in [-0.1, -0.05) is 18.2 Å². The molecule has 4 rings (SSSR count). The molecule has 1 fully saturated rings. The molecule has 0 amide bonds. The van der Waals surface area contributed by atoms with Crippen LogP contribution in [0.3, 0.4) is 0 Å². The van der Waals surface area contributed by atoms with Gasteiger partial charge in [0.05, 0.1) is 19.3 Å². The number of anilines is 1. The van der Waals surface area contributed by atoms with Crippen LogP contribution in [0.25, 0.3) is 0 Å². The van der Waals surface area contributed by atoms with Gasteiger partial charge in [0, 0.05) is 31.1 Å². The van der Waals surface area contributed by atoms with E-state index in [1.165, 1.54) is 4.88 Å². The molecule has 0 spiro atoms. The van der Waals surface area contributed by atoms with Crippen LogP contribution in [0.5, 0.6) is 5.75 Å². The molecule has 1 aliphatic rings. The highest BCUT2D eigenvalue weighted by atomic mass is 127. The van der Waals surface area contributed by atoms with Crippen molar-refractivity contribution in [3.8, 4) is 5.75 Å². The van der Waals surface area contributed by atoms with Crippen molar-refractivity contribution >= 4 is 47.0 Å². The van der Waals surface area contributed by atoms with E-state index in [4.69, 9.17) is 9.73 Å². The Morgan fingerprint density at radius 1 is 1.25 bits per heavy atom. The standard InChI is InChI=1S/C22H29N7OS.HI/c1-16-26-27-21(28(16)2)14-24-22(23-13-18-7-6-12-31-18)25-17-10-11-29(15-17)19-8-4-5-9-20(19)30-3;/h4-9,12,17H,10-11,13-15H2,1-3H3,(H2,23,24,25);1H. The number of rotatable bonds is 7. The summed E-state index contributed by atoms with van der Waals surface area (Å²) in [6.45, 7) is 5.02. The lowest BCUT2D eigenvalue weighted by Crippen LogP contribution is -2.44. The fraction of sp³-hybridized carbons (Fsp3) is 0.409. The molecule has 0 bridgehead atoms. The predicted octanol–water partition coefficient (Wildman–Crippen LogP) is 3.33. The lowest BCUT2D eigenvalue weighted by Gasteiger charge is -2.22. The molecule has 10 heteroatoms. The Morgan fingerprint density at radius 2 is 2.09 bits per heavy atom. The molecule has 172 valence electrons. The Labute approximate surface area is 210 Å². The number of aryl methyl sites for hydroxylation is 1. The minimum Gasteiger partial charge on any atom is -0.495 e. The fourth-order valence-corrected chi connectivity index (χ4v) is 4.30. The number of halogens is 1. The van der Waals surface area contributed by atoms with Gasteiger partial charge in [-0.05, 0) is 36.9 Å². The molecule has 32 heavy (non-hydrogen) atoms. The van der Waals surface area contributed by atoms with Crippen molar-refractivity contribution in [3.63, 3.8) is 0 Å². The highest BCUT2D eigenvalue weighted by Gasteiger charge is 2.25. The Hall–Kier alpha value is -2.34. The molecule has 3 heterocycles. The van der Waals surface area contributed by atoms with E-state index in [9.17, 15) is 0 Å². The number of hydrogen-bond donors (Lipinski definition) is 2. The second-order valence-electron chi connectivity index (χ2n) is 7.57. The van der Waals surface area contributed by atoms with Gasteiger partial charge in [0.2, 0.25) is 0 Å². The Kier molecular flexibility index (Phi) is 8.74. The highest BCUT2D eigenvalue weighted by molar-refractivity contribution is 14.0. The first kappa shape index (κ1) is 24.3. The van der Waals surface area contributed by atoms with Crippen LogP contribution in [0, 0.1) is 6.92 Å². The van der Waals surface area contributed by atoms with Crippen molar-refractivity contribution in [2.75, 3.05) is 25.1 Å². The summed E-state index contributed by atoms with van der Waals surface area (Å²) in [4.78, 5) is 8.43. The largest absolute Gasteiger partial charge is 0.495 e. The third-order valence-corrected chi connectivity index (χ3v) is 6.40. The van der Waals surface area contributed by atoms with Crippen LogP contribution < -0.4 is 20.3 Å². The molecule has 0 radical (unpaired) electrons. The van der Waals surface area contributed by atoms with E-state index in [0.29, 0.717) is 12.6 Å². The van der Waals surface area contributed by atoms with Crippen LogP contribution in [0.1, 0.15) is 22.9 Å². The third kappa shape index (κ3) is 5.91. The first-order valence-electron chi connectivity index (χ1n) is 10.4. The average molecular weight is 568 g/mol. The van der Waals surface area contributed by atoms with E-state index in [-0.39, 0.29) is 24.0 Å². The number of ether oxygens (including phenoxy) is 1. The normalized spacial score (nSPS) is 16.0. The zero-order valence-corrected chi connectivity index (χ0v) is 21.8. The maximum absolute atomic E-state index is 5.54. The zero-order valence-electron chi connectivity index (χ0n) is 18.6. The molecule has 1 saturated heterocycles. The molecule has 0 saturated carbocycles. The summed E-state index contributed by atoms with van der Waals surface area (Å²) in [5, 5.41) is 17.5. The minimum atomic E-state index is 0. The molecule has 8 nitrogen and oxygen atoms in total. The van der Waals surface area contributed by atoms with E-state index in [1.54, 1.807) is 18.4 Å². The van der Waals surface area contributed by atoms with Crippen LogP contribution in [0.2, 0.25) is 0 Å². The Bertz CT molecular complexity index is 1020. The molecular weight excluding hydrogens is 537 g/mol. The quantitative estimate of drug-likeness (QED) is 0.259. The van der Waals surface area contributed by atoms with E-state index in [0.717, 1.165) is 55.1 Å². The molecule has 2 N–H and O–H groups in total. The summed E-state index contributed by atoms with van der Waals surface area (Å²) < 4.78 is 7.51. The lowest BCUT2D eigenvalue weighted by atomic mass is 10.2. The van der Waals surface area contributed by atoms with Crippen molar-refractivity contribution in [2.24, 2.45) is 12.0 Å². The molecule has 1 aliphatic heterocycles. The van der Waals surface area contributed by atoms with Gasteiger partial charge in [0.25, 0.3) is 0 Å². The Balaban J connectivity index is 0.00000289. The van der Waals surface area contributed by atoms with Crippen LogP contribution in [0.4, 0.5) is 5.69 Å². The van der Waals surface area contributed by atoms with Crippen molar-refractivity contribution in [1.82, 2.24) is 25.4 Å². The number of para-hydroxylation sites is 2. The summed E-state index contributed by atoms with van der Waals surface area (Å²) in [5.41, 5.74) is 1.13. The van der Waals surface area contributed by atoms with Gasteiger partial charge in [-0.15, -0.1) is 45.5 Å². The molecule has 0 aliphatic carbocycles.